The van der Waals surface area contributed by atoms with E-state index in [-0.39, 0.29) is 6.04 Å². The Hall–Kier alpha value is 0.110. The Morgan fingerprint density at radius 2 is 2.43 bits per heavy atom. The second kappa shape index (κ2) is 5.26. The van der Waals surface area contributed by atoms with E-state index in [4.69, 9.17) is 4.74 Å². The van der Waals surface area contributed by atoms with Gasteiger partial charge in [0.1, 0.15) is 5.85 Å². The third-order valence-corrected chi connectivity index (χ3v) is 4.42. The highest BCUT2D eigenvalue weighted by Gasteiger charge is 2.35. The third kappa shape index (κ3) is 3.35. The van der Waals surface area contributed by atoms with Gasteiger partial charge in [-0.15, -0.1) is 0 Å². The van der Waals surface area contributed by atoms with E-state index < -0.39 is 13.4 Å². The minimum Gasteiger partial charge on any atom is -0.367 e. The summed E-state index contributed by atoms with van der Waals surface area (Å²) in [4.78, 5) is 9.73. The highest BCUT2D eigenvalue weighted by atomic mass is 31.2. The van der Waals surface area contributed by atoms with Crippen molar-refractivity contribution in [2.24, 2.45) is 0 Å². The zero-order valence-electron chi connectivity index (χ0n) is 8.90. The summed E-state index contributed by atoms with van der Waals surface area (Å²) >= 11 is 0. The van der Waals surface area contributed by atoms with E-state index >= 15 is 0 Å². The van der Waals surface area contributed by atoms with E-state index in [0.29, 0.717) is 13.0 Å². The molecule has 0 aromatic rings. The van der Waals surface area contributed by atoms with Crippen LogP contribution in [0.1, 0.15) is 39.5 Å². The minimum atomic E-state index is -3.30. The summed E-state index contributed by atoms with van der Waals surface area (Å²) < 4.78 is 17.0. The van der Waals surface area contributed by atoms with Gasteiger partial charge in [0.2, 0.25) is 0 Å². The van der Waals surface area contributed by atoms with Gasteiger partial charge in [0.05, 0.1) is 0 Å². The fourth-order valence-corrected chi connectivity index (χ4v) is 3.50. The molecular formula is C9H20NO3P. The van der Waals surface area contributed by atoms with Crippen molar-refractivity contribution in [3.8, 4) is 0 Å². The predicted molar refractivity (Wildman–Crippen MR) is 56.3 cm³/mol. The molecule has 0 aromatic heterocycles. The molecule has 1 saturated heterocycles. The molecule has 0 amide bonds. The molecule has 0 bridgehead atoms. The summed E-state index contributed by atoms with van der Waals surface area (Å²) in [6, 6.07) is 0.0834. The second-order valence-corrected chi connectivity index (χ2v) is 5.99. The largest absolute Gasteiger partial charge is 0.367 e. The number of hydrogen-bond acceptors (Lipinski definition) is 2. The van der Waals surface area contributed by atoms with E-state index in [1.165, 1.54) is 0 Å². The first-order valence-corrected chi connectivity index (χ1v) is 7.01. The minimum absolute atomic E-state index is 0.0834. The van der Waals surface area contributed by atoms with Gasteiger partial charge < -0.3 is 9.63 Å². The summed E-state index contributed by atoms with van der Waals surface area (Å²) in [6.45, 7) is 4.60. The first-order chi connectivity index (χ1) is 6.56. The molecule has 84 valence electrons. The monoisotopic (exact) mass is 221 g/mol. The lowest BCUT2D eigenvalue weighted by Gasteiger charge is -2.22. The first-order valence-electron chi connectivity index (χ1n) is 5.28. The lowest BCUT2D eigenvalue weighted by molar-refractivity contribution is 0.152. The van der Waals surface area contributed by atoms with Crippen LogP contribution in [-0.2, 0) is 9.30 Å². The maximum absolute atomic E-state index is 11.8. The lowest BCUT2D eigenvalue weighted by Crippen LogP contribution is -2.27. The molecule has 2 N–H and O–H groups in total. The van der Waals surface area contributed by atoms with Crippen LogP contribution in [0.4, 0.5) is 0 Å². The average Bonchev–Trinajstić information content (AvgIpc) is 2.54. The van der Waals surface area contributed by atoms with Gasteiger partial charge in [-0.2, -0.15) is 0 Å². The molecule has 1 fully saturated rings. The van der Waals surface area contributed by atoms with E-state index in [9.17, 15) is 9.46 Å². The molecular weight excluding hydrogens is 201 g/mol. The van der Waals surface area contributed by atoms with Crippen LogP contribution in [-0.4, -0.2) is 23.4 Å². The number of ether oxygens (including phenoxy) is 1. The van der Waals surface area contributed by atoms with Crippen molar-refractivity contribution >= 4 is 7.52 Å². The molecule has 3 atom stereocenters. The van der Waals surface area contributed by atoms with Crippen molar-refractivity contribution in [2.45, 2.75) is 51.4 Å². The van der Waals surface area contributed by atoms with E-state index in [1.807, 2.05) is 6.92 Å². The van der Waals surface area contributed by atoms with Gasteiger partial charge in [0, 0.05) is 12.6 Å². The van der Waals surface area contributed by atoms with E-state index in [0.717, 1.165) is 19.3 Å². The smallest absolute Gasteiger partial charge is 0.295 e. The Morgan fingerprint density at radius 1 is 1.71 bits per heavy atom. The maximum Gasteiger partial charge on any atom is 0.295 e. The van der Waals surface area contributed by atoms with Gasteiger partial charge in [-0.25, -0.2) is 5.09 Å². The quantitative estimate of drug-likeness (QED) is 0.698. The van der Waals surface area contributed by atoms with E-state index in [2.05, 4.69) is 12.0 Å². The predicted octanol–water partition coefficient (Wildman–Crippen LogP) is 2.09. The van der Waals surface area contributed by atoms with Crippen molar-refractivity contribution in [3.63, 3.8) is 0 Å². The average molecular weight is 221 g/mol. The van der Waals surface area contributed by atoms with Crippen molar-refractivity contribution < 1.29 is 14.2 Å². The first kappa shape index (κ1) is 12.2. The zero-order valence-corrected chi connectivity index (χ0v) is 9.80. The summed E-state index contributed by atoms with van der Waals surface area (Å²) in [5, 5.41) is 2.79. The normalized spacial score (nSPS) is 28.6. The molecule has 14 heavy (non-hydrogen) atoms. The molecule has 1 aliphatic heterocycles. The molecule has 0 aromatic carbocycles. The van der Waals surface area contributed by atoms with Crippen LogP contribution in [0.3, 0.4) is 0 Å². The van der Waals surface area contributed by atoms with Crippen LogP contribution in [0.5, 0.6) is 0 Å². The SMILES string of the molecule is CCCC(C)NP(=O)(O)C1CCCO1. The Labute approximate surface area is 85.5 Å². The third-order valence-electron chi connectivity index (χ3n) is 2.42. The van der Waals surface area contributed by atoms with Gasteiger partial charge in [-0.3, -0.25) is 4.57 Å². The maximum atomic E-state index is 11.8. The highest BCUT2D eigenvalue weighted by molar-refractivity contribution is 7.56. The van der Waals surface area contributed by atoms with Gasteiger partial charge in [-0.1, -0.05) is 13.3 Å². The lowest BCUT2D eigenvalue weighted by atomic mass is 10.2. The second-order valence-electron chi connectivity index (χ2n) is 3.91. The Bertz CT molecular complexity index is 216. The summed E-state index contributed by atoms with van der Waals surface area (Å²) in [6.07, 6.45) is 3.51. The van der Waals surface area contributed by atoms with Crippen molar-refractivity contribution in [1.82, 2.24) is 5.09 Å². The summed E-state index contributed by atoms with van der Waals surface area (Å²) in [5.41, 5.74) is 0. The molecule has 0 spiro atoms. The molecule has 0 saturated carbocycles. The van der Waals surface area contributed by atoms with Crippen LogP contribution >= 0.6 is 7.52 Å². The summed E-state index contributed by atoms with van der Waals surface area (Å²) in [7, 11) is -3.30. The van der Waals surface area contributed by atoms with Crippen molar-refractivity contribution in [3.05, 3.63) is 0 Å². The van der Waals surface area contributed by atoms with Crippen molar-refractivity contribution in [2.75, 3.05) is 6.61 Å². The molecule has 1 heterocycles. The van der Waals surface area contributed by atoms with Crippen LogP contribution in [0.25, 0.3) is 0 Å². The van der Waals surface area contributed by atoms with Gasteiger partial charge in [0.15, 0.2) is 0 Å². The molecule has 0 radical (unpaired) electrons. The number of nitrogens with one attached hydrogen (secondary N) is 1. The molecule has 4 nitrogen and oxygen atoms in total. The van der Waals surface area contributed by atoms with E-state index in [1.54, 1.807) is 0 Å². The van der Waals surface area contributed by atoms with Crippen LogP contribution in [0, 0.1) is 0 Å². The van der Waals surface area contributed by atoms with Gasteiger partial charge in [0.25, 0.3) is 7.52 Å². The molecule has 5 heteroatoms. The van der Waals surface area contributed by atoms with Gasteiger partial charge >= 0.3 is 0 Å². The number of hydrogen-bond donors (Lipinski definition) is 2. The van der Waals surface area contributed by atoms with Crippen LogP contribution in [0.2, 0.25) is 0 Å². The Morgan fingerprint density at radius 3 is 2.93 bits per heavy atom. The van der Waals surface area contributed by atoms with Gasteiger partial charge in [-0.05, 0) is 26.2 Å². The molecule has 1 aliphatic rings. The Kier molecular flexibility index (Phi) is 4.58. The summed E-state index contributed by atoms with van der Waals surface area (Å²) in [5.74, 6) is -0.484. The fraction of sp³-hybridized carbons (Fsp3) is 1.00. The molecule has 0 aliphatic carbocycles. The molecule has 3 unspecified atom stereocenters. The molecule has 1 rings (SSSR count). The number of rotatable bonds is 5. The fourth-order valence-electron chi connectivity index (χ4n) is 1.73. The highest BCUT2D eigenvalue weighted by Crippen LogP contribution is 2.47. The van der Waals surface area contributed by atoms with Crippen LogP contribution in [0.15, 0.2) is 0 Å². The Balaban J connectivity index is 2.43. The zero-order chi connectivity index (χ0) is 10.6. The van der Waals surface area contributed by atoms with Crippen LogP contribution < -0.4 is 5.09 Å². The topological polar surface area (TPSA) is 58.6 Å². The standard InChI is InChI=1S/C9H20NO3P/c1-3-5-8(2)10-14(11,12)9-6-4-7-13-9/h8-9H,3-7H2,1-2H3,(H2,10,11,12). The van der Waals surface area contributed by atoms with Crippen molar-refractivity contribution in [1.29, 1.82) is 0 Å².